The van der Waals surface area contributed by atoms with Gasteiger partial charge in [0.05, 0.1) is 27.8 Å². The quantitative estimate of drug-likeness (QED) is 0.188. The molecule has 0 radical (unpaired) electrons. The largest absolute Gasteiger partial charge is 0.309 e. The minimum atomic E-state index is 1.16. The van der Waals surface area contributed by atoms with Gasteiger partial charge in [0.2, 0.25) is 0 Å². The Kier molecular flexibility index (Phi) is 5.91. The highest BCUT2D eigenvalue weighted by atomic mass is 15.0. The molecule has 0 aliphatic carbocycles. The van der Waals surface area contributed by atoms with Gasteiger partial charge in [-0.05, 0) is 70.1 Å². The second-order valence-electron chi connectivity index (χ2n) is 12.5. The molecule has 0 atom stereocenters. The van der Waals surface area contributed by atoms with Gasteiger partial charge in [-0.3, -0.25) is 0 Å². The smallest absolute Gasteiger partial charge is 0.0549 e. The van der Waals surface area contributed by atoms with Gasteiger partial charge in [0, 0.05) is 32.6 Å². The maximum atomic E-state index is 2.48. The van der Waals surface area contributed by atoms with Crippen molar-refractivity contribution in [1.29, 1.82) is 0 Å². The SMILES string of the molecule is c1ccc(-c2cccc(-n3c4ccccc4c4c5c6ccccc6n(-c6ccc(-c7ccccc7)c7ccccc67)c5ccc43)c2)cc1. The third-order valence-corrected chi connectivity index (χ3v) is 9.91. The minimum Gasteiger partial charge on any atom is -0.309 e. The molecule has 0 amide bonds. The topological polar surface area (TPSA) is 9.86 Å². The molecule has 0 saturated carbocycles. The zero-order valence-corrected chi connectivity index (χ0v) is 26.2. The lowest BCUT2D eigenvalue weighted by atomic mass is 9.97. The Morgan fingerprint density at radius 3 is 1.50 bits per heavy atom. The first-order valence-corrected chi connectivity index (χ1v) is 16.5. The molecule has 48 heavy (non-hydrogen) atoms. The van der Waals surface area contributed by atoms with Crippen molar-refractivity contribution < 1.29 is 0 Å². The number of rotatable bonds is 4. The van der Waals surface area contributed by atoms with E-state index in [1.807, 2.05) is 0 Å². The summed E-state index contributed by atoms with van der Waals surface area (Å²) in [5.74, 6) is 0. The van der Waals surface area contributed by atoms with Crippen LogP contribution in [0, 0.1) is 0 Å². The summed E-state index contributed by atoms with van der Waals surface area (Å²) < 4.78 is 4.91. The minimum absolute atomic E-state index is 1.16. The molecule has 0 aliphatic heterocycles. The van der Waals surface area contributed by atoms with Crippen LogP contribution in [0.3, 0.4) is 0 Å². The van der Waals surface area contributed by atoms with Crippen molar-refractivity contribution in [3.05, 3.63) is 182 Å². The Bertz CT molecular complexity index is 2820. The van der Waals surface area contributed by atoms with Crippen LogP contribution in [0.5, 0.6) is 0 Å². The van der Waals surface area contributed by atoms with Crippen molar-refractivity contribution in [2.45, 2.75) is 0 Å². The molecular weight excluding hydrogens is 581 g/mol. The molecule has 0 unspecified atom stereocenters. The molecule has 0 aliphatic rings. The van der Waals surface area contributed by atoms with Crippen LogP contribution in [-0.2, 0) is 0 Å². The maximum absolute atomic E-state index is 2.48. The average Bonchev–Trinajstić information content (AvgIpc) is 3.68. The van der Waals surface area contributed by atoms with Crippen LogP contribution in [0.25, 0.3) is 88.0 Å². The van der Waals surface area contributed by atoms with Crippen molar-refractivity contribution in [3.8, 4) is 33.6 Å². The van der Waals surface area contributed by atoms with Gasteiger partial charge in [0.15, 0.2) is 0 Å². The van der Waals surface area contributed by atoms with E-state index in [2.05, 4.69) is 191 Å². The zero-order chi connectivity index (χ0) is 31.6. The summed E-state index contributed by atoms with van der Waals surface area (Å²) in [5, 5.41) is 7.58. The number of aromatic nitrogens is 2. The molecule has 2 aromatic heterocycles. The Hall–Kier alpha value is -6.38. The van der Waals surface area contributed by atoms with Crippen molar-refractivity contribution in [2.24, 2.45) is 0 Å². The fourth-order valence-corrected chi connectivity index (χ4v) is 7.86. The summed E-state index contributed by atoms with van der Waals surface area (Å²) in [5.41, 5.74) is 12.1. The Labute approximate surface area is 278 Å². The number of benzene rings is 8. The van der Waals surface area contributed by atoms with Crippen LogP contribution >= 0.6 is 0 Å². The molecule has 0 fully saturated rings. The predicted molar refractivity (Wildman–Crippen MR) is 203 cm³/mol. The van der Waals surface area contributed by atoms with Gasteiger partial charge in [-0.1, -0.05) is 140 Å². The summed E-state index contributed by atoms with van der Waals surface area (Å²) >= 11 is 0. The summed E-state index contributed by atoms with van der Waals surface area (Å²) in [7, 11) is 0. The second kappa shape index (κ2) is 10.6. The Morgan fingerprint density at radius 1 is 0.292 bits per heavy atom. The molecule has 2 heteroatoms. The zero-order valence-electron chi connectivity index (χ0n) is 26.2. The number of nitrogens with zero attached hydrogens (tertiary/aromatic N) is 2. The molecule has 2 nitrogen and oxygen atoms in total. The van der Waals surface area contributed by atoms with E-state index < -0.39 is 0 Å². The highest BCUT2D eigenvalue weighted by Gasteiger charge is 2.21. The summed E-state index contributed by atoms with van der Waals surface area (Å²) in [4.78, 5) is 0. The second-order valence-corrected chi connectivity index (χ2v) is 12.5. The van der Waals surface area contributed by atoms with Gasteiger partial charge in [0.1, 0.15) is 0 Å². The predicted octanol–water partition coefficient (Wildman–Crippen LogP) is 12.4. The monoisotopic (exact) mass is 610 g/mol. The van der Waals surface area contributed by atoms with Gasteiger partial charge in [0.25, 0.3) is 0 Å². The molecule has 8 aromatic carbocycles. The van der Waals surface area contributed by atoms with Crippen LogP contribution in [-0.4, -0.2) is 9.13 Å². The lowest BCUT2D eigenvalue weighted by Crippen LogP contribution is -1.97. The first-order chi connectivity index (χ1) is 23.8. The fraction of sp³-hybridized carbons (Fsp3) is 0. The lowest BCUT2D eigenvalue weighted by molar-refractivity contribution is 1.18. The van der Waals surface area contributed by atoms with E-state index in [0.717, 1.165) is 5.69 Å². The number of para-hydroxylation sites is 2. The Balaban J connectivity index is 1.29. The molecule has 2 heterocycles. The van der Waals surface area contributed by atoms with Gasteiger partial charge < -0.3 is 9.13 Å². The summed E-state index contributed by atoms with van der Waals surface area (Å²) in [6.45, 7) is 0. The van der Waals surface area contributed by atoms with E-state index in [-0.39, 0.29) is 0 Å². The number of hydrogen-bond acceptors (Lipinski definition) is 0. The first-order valence-electron chi connectivity index (χ1n) is 16.5. The van der Waals surface area contributed by atoms with Gasteiger partial charge in [-0.25, -0.2) is 0 Å². The normalized spacial score (nSPS) is 11.8. The van der Waals surface area contributed by atoms with E-state index in [0.29, 0.717) is 0 Å². The van der Waals surface area contributed by atoms with Crippen LogP contribution < -0.4 is 0 Å². The van der Waals surface area contributed by atoms with E-state index in [4.69, 9.17) is 0 Å². The summed E-state index contributed by atoms with van der Waals surface area (Å²) in [6.07, 6.45) is 0. The molecule has 0 saturated heterocycles. The fourth-order valence-electron chi connectivity index (χ4n) is 7.86. The van der Waals surface area contributed by atoms with Crippen LogP contribution in [0.2, 0.25) is 0 Å². The van der Waals surface area contributed by atoms with Crippen molar-refractivity contribution in [2.75, 3.05) is 0 Å². The van der Waals surface area contributed by atoms with Crippen LogP contribution in [0.4, 0.5) is 0 Å². The molecular formula is C46H30N2. The molecule has 10 aromatic rings. The summed E-state index contributed by atoms with van der Waals surface area (Å²) in [6, 6.07) is 66.1. The van der Waals surface area contributed by atoms with E-state index in [1.54, 1.807) is 0 Å². The number of hydrogen-bond donors (Lipinski definition) is 0. The third-order valence-electron chi connectivity index (χ3n) is 9.91. The highest BCUT2D eigenvalue weighted by Crippen LogP contribution is 2.44. The van der Waals surface area contributed by atoms with Crippen molar-refractivity contribution in [1.82, 2.24) is 9.13 Å². The van der Waals surface area contributed by atoms with Crippen molar-refractivity contribution >= 4 is 54.4 Å². The van der Waals surface area contributed by atoms with E-state index in [9.17, 15) is 0 Å². The van der Waals surface area contributed by atoms with Gasteiger partial charge in [-0.2, -0.15) is 0 Å². The first kappa shape index (κ1) is 26.8. The maximum Gasteiger partial charge on any atom is 0.0549 e. The standard InChI is InChI=1S/C46H30N2/c1-3-14-31(15-4-1)33-18-13-19-34(30-33)47-40-24-11-9-22-38(40)45-43(47)28-29-44-46(45)39-23-10-12-25-41(39)48(44)42-27-26-35(32-16-5-2-6-17-32)36-20-7-8-21-37(36)42/h1-30H. The van der Waals surface area contributed by atoms with Crippen LogP contribution in [0.1, 0.15) is 0 Å². The lowest BCUT2D eigenvalue weighted by Gasteiger charge is -2.15. The molecule has 10 rings (SSSR count). The van der Waals surface area contributed by atoms with Crippen LogP contribution in [0.15, 0.2) is 182 Å². The Morgan fingerprint density at radius 2 is 0.812 bits per heavy atom. The van der Waals surface area contributed by atoms with Gasteiger partial charge >= 0.3 is 0 Å². The molecule has 0 bridgehead atoms. The van der Waals surface area contributed by atoms with Crippen molar-refractivity contribution in [3.63, 3.8) is 0 Å². The molecule has 224 valence electrons. The molecule has 0 spiro atoms. The van der Waals surface area contributed by atoms with E-state index in [1.165, 1.54) is 82.3 Å². The van der Waals surface area contributed by atoms with Gasteiger partial charge in [-0.15, -0.1) is 0 Å². The number of fused-ring (bicyclic) bond motifs is 8. The molecule has 0 N–H and O–H groups in total. The third kappa shape index (κ3) is 3.93. The van der Waals surface area contributed by atoms with E-state index >= 15 is 0 Å². The average molecular weight is 611 g/mol. The highest BCUT2D eigenvalue weighted by molar-refractivity contribution is 6.29.